The van der Waals surface area contributed by atoms with Gasteiger partial charge in [0, 0.05) is 0 Å². The number of hydrogen-bond donors (Lipinski definition) is 2. The number of halogens is 1. The molecular weight excluding hydrogens is 397 g/mol. The Morgan fingerprint density at radius 2 is 1.73 bits per heavy atom. The second-order valence-corrected chi connectivity index (χ2v) is 6.97. The number of carbonyl (C=O) groups excluding carboxylic acids is 5. The van der Waals surface area contributed by atoms with Gasteiger partial charge in [0.1, 0.15) is 11.9 Å². The number of anilines is 1. The zero-order chi connectivity index (χ0) is 21.8. The average Bonchev–Trinajstić information content (AvgIpc) is 2.98. The largest absolute Gasteiger partial charge is 0.454 e. The van der Waals surface area contributed by atoms with Crippen molar-refractivity contribution in [3.8, 4) is 0 Å². The Hall–Kier alpha value is -3.56. The number of fused-ring (bicyclic) bond motifs is 1. The molecule has 0 saturated carbocycles. The normalized spacial score (nSPS) is 21.1. The van der Waals surface area contributed by atoms with Gasteiger partial charge in [0.15, 0.2) is 6.61 Å². The summed E-state index contributed by atoms with van der Waals surface area (Å²) in [4.78, 5) is 61.6. The highest BCUT2D eigenvalue weighted by Gasteiger charge is 2.50. The lowest BCUT2D eigenvalue weighted by Crippen LogP contribution is -2.45. The molecule has 0 spiro atoms. The third-order valence-corrected chi connectivity index (χ3v) is 4.99. The van der Waals surface area contributed by atoms with Crippen LogP contribution in [0.25, 0.3) is 0 Å². The molecule has 2 N–H and O–H groups in total. The van der Waals surface area contributed by atoms with Gasteiger partial charge < -0.3 is 10.1 Å². The molecule has 2 aliphatic rings. The first-order chi connectivity index (χ1) is 14.3. The predicted octanol–water partition coefficient (Wildman–Crippen LogP) is 1.36. The number of para-hydroxylation sites is 1. The van der Waals surface area contributed by atoms with Crippen molar-refractivity contribution in [2.75, 3.05) is 11.9 Å². The van der Waals surface area contributed by atoms with Crippen molar-refractivity contribution in [3.05, 3.63) is 42.2 Å². The fourth-order valence-electron chi connectivity index (χ4n) is 3.45. The first-order valence-corrected chi connectivity index (χ1v) is 9.33. The number of benzene rings is 1. The van der Waals surface area contributed by atoms with Crippen LogP contribution in [-0.2, 0) is 23.9 Å². The summed E-state index contributed by atoms with van der Waals surface area (Å²) in [6, 6.07) is 3.17. The minimum absolute atomic E-state index is 0.129. The van der Waals surface area contributed by atoms with Crippen molar-refractivity contribution in [2.45, 2.75) is 25.8 Å². The molecule has 3 atom stereocenters. The summed E-state index contributed by atoms with van der Waals surface area (Å²) in [5.41, 5.74) is -0.129. The Morgan fingerprint density at radius 1 is 1.13 bits per heavy atom. The first-order valence-electron chi connectivity index (χ1n) is 9.33. The van der Waals surface area contributed by atoms with Gasteiger partial charge in [-0.25, -0.2) is 14.0 Å². The van der Waals surface area contributed by atoms with E-state index in [0.29, 0.717) is 12.8 Å². The monoisotopic (exact) mass is 417 g/mol. The number of nitrogens with zero attached hydrogens (tertiary/aromatic N) is 1. The van der Waals surface area contributed by atoms with Gasteiger partial charge in [0.2, 0.25) is 11.8 Å². The third kappa shape index (κ3) is 4.37. The quantitative estimate of drug-likeness (QED) is 0.424. The van der Waals surface area contributed by atoms with Crippen molar-refractivity contribution in [2.24, 2.45) is 11.8 Å². The molecule has 1 aromatic rings. The molecule has 0 aromatic heterocycles. The summed E-state index contributed by atoms with van der Waals surface area (Å²) in [7, 11) is 0. The van der Waals surface area contributed by atoms with E-state index in [0.717, 1.165) is 11.0 Å². The lowest BCUT2D eigenvalue weighted by atomic mass is 9.85. The van der Waals surface area contributed by atoms with Gasteiger partial charge in [-0.3, -0.25) is 24.6 Å². The van der Waals surface area contributed by atoms with Crippen LogP contribution in [0.1, 0.15) is 19.8 Å². The van der Waals surface area contributed by atoms with E-state index in [1.165, 1.54) is 25.1 Å². The molecule has 30 heavy (non-hydrogen) atoms. The number of rotatable bonds is 5. The molecule has 0 bridgehead atoms. The van der Waals surface area contributed by atoms with Crippen molar-refractivity contribution in [1.82, 2.24) is 10.2 Å². The Morgan fingerprint density at radius 3 is 2.33 bits per heavy atom. The molecule has 0 radical (unpaired) electrons. The lowest BCUT2D eigenvalue weighted by molar-refractivity contribution is -0.159. The van der Waals surface area contributed by atoms with Gasteiger partial charge in [-0.05, 0) is 31.9 Å². The maximum Gasteiger partial charge on any atom is 0.329 e. The summed E-state index contributed by atoms with van der Waals surface area (Å²) in [5, 5.41) is 4.04. The van der Waals surface area contributed by atoms with Crippen LogP contribution in [0, 0.1) is 17.7 Å². The molecule has 158 valence electrons. The number of hydrogen-bond acceptors (Lipinski definition) is 6. The Balaban J connectivity index is 1.49. The molecule has 1 aliphatic heterocycles. The van der Waals surface area contributed by atoms with Crippen molar-refractivity contribution >= 4 is 35.4 Å². The minimum Gasteiger partial charge on any atom is -0.454 e. The highest BCUT2D eigenvalue weighted by atomic mass is 19.1. The molecule has 5 amide bonds. The lowest BCUT2D eigenvalue weighted by Gasteiger charge is -2.21. The number of ether oxygens (including phenoxy) is 1. The van der Waals surface area contributed by atoms with Crippen molar-refractivity contribution in [3.63, 3.8) is 0 Å². The maximum atomic E-state index is 13.5. The molecule has 10 heteroatoms. The zero-order valence-corrected chi connectivity index (χ0v) is 16.1. The van der Waals surface area contributed by atoms with Gasteiger partial charge in [-0.15, -0.1) is 0 Å². The van der Waals surface area contributed by atoms with Gasteiger partial charge in [0.25, 0.3) is 5.91 Å². The highest BCUT2D eigenvalue weighted by Crippen LogP contribution is 2.36. The Kier molecular flexibility index (Phi) is 6.24. The molecule has 1 saturated heterocycles. The number of carbonyl (C=O) groups is 5. The summed E-state index contributed by atoms with van der Waals surface area (Å²) >= 11 is 0. The number of urea groups is 1. The molecule has 3 rings (SSSR count). The number of amides is 5. The standard InChI is InChI=1S/C20H20FN3O6/c1-11(24-17(26)12-6-2-3-7-13(12)18(24)27)19(28)30-10-16(25)23-20(29)22-15-9-5-4-8-14(15)21/h2-5,8-9,11-13H,6-7,10H2,1H3,(H2,22,23,25,29)/t11-,12+,13+/m0/s1. The van der Waals surface area contributed by atoms with Gasteiger partial charge >= 0.3 is 12.0 Å². The molecule has 0 unspecified atom stereocenters. The highest BCUT2D eigenvalue weighted by molar-refractivity contribution is 6.08. The minimum atomic E-state index is -1.20. The van der Waals surface area contributed by atoms with Crippen molar-refractivity contribution < 1.29 is 33.1 Å². The number of allylic oxidation sites excluding steroid dienone is 2. The smallest absolute Gasteiger partial charge is 0.329 e. The van der Waals surface area contributed by atoms with Crippen LogP contribution in [0.2, 0.25) is 0 Å². The number of esters is 1. The zero-order valence-electron chi connectivity index (χ0n) is 16.1. The van der Waals surface area contributed by atoms with E-state index >= 15 is 0 Å². The molecule has 1 fully saturated rings. The van der Waals surface area contributed by atoms with Gasteiger partial charge in [-0.1, -0.05) is 24.3 Å². The fraction of sp³-hybridized carbons (Fsp3) is 0.350. The van der Waals surface area contributed by atoms with Crippen LogP contribution in [0.3, 0.4) is 0 Å². The summed E-state index contributed by atoms with van der Waals surface area (Å²) in [5.74, 6) is -4.43. The number of imide groups is 2. The molecule has 1 aliphatic carbocycles. The van der Waals surface area contributed by atoms with Crippen LogP contribution < -0.4 is 10.6 Å². The second-order valence-electron chi connectivity index (χ2n) is 6.97. The van der Waals surface area contributed by atoms with Gasteiger partial charge in [-0.2, -0.15) is 0 Å². The topological polar surface area (TPSA) is 122 Å². The Bertz CT molecular complexity index is 905. The SMILES string of the molecule is C[C@@H](C(=O)OCC(=O)NC(=O)Nc1ccccc1F)N1C(=O)[C@@H]2CC=CC[C@H]2C1=O. The molecular formula is C20H20FN3O6. The summed E-state index contributed by atoms with van der Waals surface area (Å²) in [6.45, 7) is 0.532. The molecule has 1 aromatic carbocycles. The maximum absolute atomic E-state index is 13.5. The number of likely N-dealkylation sites (tertiary alicyclic amines) is 1. The fourth-order valence-corrected chi connectivity index (χ4v) is 3.45. The van der Waals surface area contributed by atoms with Crippen LogP contribution in [0.15, 0.2) is 36.4 Å². The van der Waals surface area contributed by atoms with Crippen LogP contribution in [0.4, 0.5) is 14.9 Å². The van der Waals surface area contributed by atoms with E-state index < -0.39 is 60.0 Å². The average molecular weight is 417 g/mol. The summed E-state index contributed by atoms with van der Waals surface area (Å²) in [6.07, 6.45) is 4.53. The van der Waals surface area contributed by atoms with E-state index in [-0.39, 0.29) is 5.69 Å². The first kappa shape index (κ1) is 21.2. The van der Waals surface area contributed by atoms with Crippen LogP contribution >= 0.6 is 0 Å². The van der Waals surface area contributed by atoms with E-state index in [1.54, 1.807) is 0 Å². The van der Waals surface area contributed by atoms with Crippen molar-refractivity contribution in [1.29, 1.82) is 0 Å². The Labute approximate surface area is 171 Å². The van der Waals surface area contributed by atoms with Crippen LogP contribution in [-0.4, -0.2) is 47.3 Å². The molecule has 1 heterocycles. The van der Waals surface area contributed by atoms with Gasteiger partial charge in [0.05, 0.1) is 17.5 Å². The van der Waals surface area contributed by atoms with E-state index in [1.807, 2.05) is 17.5 Å². The van der Waals surface area contributed by atoms with Crippen LogP contribution in [0.5, 0.6) is 0 Å². The third-order valence-electron chi connectivity index (χ3n) is 4.99. The van der Waals surface area contributed by atoms with E-state index in [9.17, 15) is 28.4 Å². The van der Waals surface area contributed by atoms with E-state index in [2.05, 4.69) is 5.32 Å². The molecule has 9 nitrogen and oxygen atoms in total. The predicted molar refractivity (Wildman–Crippen MR) is 101 cm³/mol. The van der Waals surface area contributed by atoms with E-state index in [4.69, 9.17) is 4.74 Å². The number of nitrogens with one attached hydrogen (secondary N) is 2. The second kappa shape index (κ2) is 8.85. The summed E-state index contributed by atoms with van der Waals surface area (Å²) < 4.78 is 18.3.